The predicted octanol–water partition coefficient (Wildman–Crippen LogP) is 2.20. The van der Waals surface area contributed by atoms with E-state index < -0.39 is 0 Å². The van der Waals surface area contributed by atoms with E-state index in [0.717, 1.165) is 12.1 Å². The minimum atomic E-state index is 0.0134. The zero-order valence-electron chi connectivity index (χ0n) is 10.0. The van der Waals surface area contributed by atoms with Gasteiger partial charge in [0.15, 0.2) is 4.77 Å². The highest BCUT2D eigenvalue weighted by molar-refractivity contribution is 7.71. The van der Waals surface area contributed by atoms with Crippen LogP contribution in [0.5, 0.6) is 0 Å². The second kappa shape index (κ2) is 5.84. The maximum absolute atomic E-state index is 11.6. The van der Waals surface area contributed by atoms with Gasteiger partial charge in [-0.25, -0.2) is 0 Å². The molecule has 16 heavy (non-hydrogen) atoms. The van der Waals surface area contributed by atoms with Gasteiger partial charge in [-0.15, -0.1) is 0 Å². The summed E-state index contributed by atoms with van der Waals surface area (Å²) in [6, 6.07) is 0. The molecule has 4 nitrogen and oxygen atoms in total. The number of nitrogens with zero attached hydrogens (tertiary/aromatic N) is 1. The highest BCUT2D eigenvalue weighted by atomic mass is 32.1. The monoisotopic (exact) mass is 241 g/mol. The molecular formula is C11H19N3OS. The molecular weight excluding hydrogens is 222 g/mol. The van der Waals surface area contributed by atoms with Crippen molar-refractivity contribution in [1.82, 2.24) is 14.9 Å². The average molecular weight is 241 g/mol. The summed E-state index contributed by atoms with van der Waals surface area (Å²) in [6.45, 7) is 7.21. The van der Waals surface area contributed by atoms with Gasteiger partial charge in [-0.1, -0.05) is 20.8 Å². The van der Waals surface area contributed by atoms with Crippen molar-refractivity contribution >= 4 is 18.1 Å². The molecule has 1 aromatic heterocycles. The Hall–Kier alpha value is -1.10. The Labute approximate surface area is 101 Å². The van der Waals surface area contributed by atoms with Crippen molar-refractivity contribution in [3.05, 3.63) is 16.7 Å². The lowest BCUT2D eigenvalue weighted by molar-refractivity contribution is -0.121. The summed E-state index contributed by atoms with van der Waals surface area (Å²) in [5.41, 5.74) is 1.07. The second-order valence-corrected chi connectivity index (χ2v) is 4.50. The minimum absolute atomic E-state index is 0.0134. The van der Waals surface area contributed by atoms with Crippen molar-refractivity contribution in [2.24, 2.45) is 0 Å². The van der Waals surface area contributed by atoms with Gasteiger partial charge in [0.05, 0.1) is 0 Å². The molecule has 0 saturated carbocycles. The summed E-state index contributed by atoms with van der Waals surface area (Å²) in [5.74, 6) is 0.367. The normalized spacial score (nSPS) is 10.8. The number of aromatic nitrogens is 2. The lowest BCUT2D eigenvalue weighted by atomic mass is 10.1. The van der Waals surface area contributed by atoms with Crippen molar-refractivity contribution in [2.45, 2.75) is 39.7 Å². The van der Waals surface area contributed by atoms with Gasteiger partial charge < -0.3 is 14.9 Å². The lowest BCUT2D eigenvalue weighted by Crippen LogP contribution is -2.28. The maximum atomic E-state index is 11.6. The van der Waals surface area contributed by atoms with Crippen LogP contribution >= 0.6 is 12.2 Å². The maximum Gasteiger partial charge on any atom is 0.240 e. The summed E-state index contributed by atoms with van der Waals surface area (Å²) in [5, 5.41) is 2.84. The molecule has 0 radical (unpaired) electrons. The van der Waals surface area contributed by atoms with E-state index in [-0.39, 0.29) is 5.91 Å². The molecule has 0 aliphatic carbocycles. The molecule has 0 saturated heterocycles. The molecule has 0 bridgehead atoms. The van der Waals surface area contributed by atoms with E-state index in [1.165, 1.54) is 0 Å². The van der Waals surface area contributed by atoms with Gasteiger partial charge in [-0.05, 0) is 24.6 Å². The van der Waals surface area contributed by atoms with Gasteiger partial charge in [0.2, 0.25) is 5.91 Å². The number of carbonyl (C=O) groups is 1. The summed E-state index contributed by atoms with van der Waals surface area (Å²) in [6.07, 6.45) is 2.82. The number of amides is 1. The molecule has 0 aliphatic rings. The van der Waals surface area contributed by atoms with Crippen LogP contribution in [0.3, 0.4) is 0 Å². The highest BCUT2D eigenvalue weighted by Crippen LogP contribution is 2.14. The topological polar surface area (TPSA) is 49.8 Å². The number of rotatable bonds is 5. The first kappa shape index (κ1) is 13.0. The molecule has 1 heterocycles. The molecule has 2 N–H and O–H groups in total. The number of nitrogens with one attached hydrogen (secondary N) is 2. The van der Waals surface area contributed by atoms with E-state index in [9.17, 15) is 4.79 Å². The number of carbonyl (C=O) groups excluding carboxylic acids is 1. The fraction of sp³-hybridized carbons (Fsp3) is 0.636. The van der Waals surface area contributed by atoms with Crippen LogP contribution in [0, 0.1) is 4.77 Å². The Bertz CT molecular complexity index is 406. The van der Waals surface area contributed by atoms with Crippen LogP contribution in [0.2, 0.25) is 0 Å². The molecule has 0 atom stereocenters. The SMILES string of the molecule is CCCNC(=O)Cn1c(C(C)C)c[nH]c1=S. The van der Waals surface area contributed by atoms with Gasteiger partial charge in [-0.2, -0.15) is 0 Å². The second-order valence-electron chi connectivity index (χ2n) is 4.11. The van der Waals surface area contributed by atoms with Crippen LogP contribution in [0.1, 0.15) is 38.8 Å². The quantitative estimate of drug-likeness (QED) is 0.776. The van der Waals surface area contributed by atoms with Crippen LogP contribution in [-0.4, -0.2) is 22.0 Å². The number of hydrogen-bond donors (Lipinski definition) is 2. The van der Waals surface area contributed by atoms with E-state index in [4.69, 9.17) is 12.2 Å². The van der Waals surface area contributed by atoms with Crippen molar-refractivity contribution < 1.29 is 4.79 Å². The van der Waals surface area contributed by atoms with E-state index in [1.807, 2.05) is 17.7 Å². The van der Waals surface area contributed by atoms with E-state index in [0.29, 0.717) is 23.8 Å². The number of hydrogen-bond acceptors (Lipinski definition) is 2. The van der Waals surface area contributed by atoms with Crippen LogP contribution in [0.15, 0.2) is 6.20 Å². The number of H-pyrrole nitrogens is 1. The summed E-state index contributed by atoms with van der Waals surface area (Å²) >= 11 is 5.15. The van der Waals surface area contributed by atoms with Crippen molar-refractivity contribution in [2.75, 3.05) is 6.54 Å². The van der Waals surface area contributed by atoms with E-state index in [2.05, 4.69) is 24.1 Å². The van der Waals surface area contributed by atoms with Crippen LogP contribution < -0.4 is 5.32 Å². The Balaban J connectivity index is 2.76. The zero-order valence-corrected chi connectivity index (χ0v) is 10.9. The molecule has 1 amide bonds. The van der Waals surface area contributed by atoms with Crippen LogP contribution in [0.25, 0.3) is 0 Å². The van der Waals surface area contributed by atoms with Crippen molar-refractivity contribution in [1.29, 1.82) is 0 Å². The first-order chi connectivity index (χ1) is 7.56. The largest absolute Gasteiger partial charge is 0.355 e. The smallest absolute Gasteiger partial charge is 0.240 e. The Morgan fingerprint density at radius 3 is 2.88 bits per heavy atom. The predicted molar refractivity (Wildman–Crippen MR) is 67.0 cm³/mol. The minimum Gasteiger partial charge on any atom is -0.355 e. The number of imidazole rings is 1. The third-order valence-corrected chi connectivity index (χ3v) is 2.70. The van der Waals surface area contributed by atoms with Crippen molar-refractivity contribution in [3.8, 4) is 0 Å². The molecule has 0 aromatic carbocycles. The van der Waals surface area contributed by atoms with Gasteiger partial charge in [0.1, 0.15) is 6.54 Å². The fourth-order valence-corrected chi connectivity index (χ4v) is 1.74. The summed E-state index contributed by atoms with van der Waals surface area (Å²) < 4.78 is 2.46. The van der Waals surface area contributed by atoms with Gasteiger partial charge in [-0.3, -0.25) is 4.79 Å². The summed E-state index contributed by atoms with van der Waals surface area (Å²) in [4.78, 5) is 14.6. The first-order valence-electron chi connectivity index (χ1n) is 5.61. The van der Waals surface area contributed by atoms with Gasteiger partial charge in [0.25, 0.3) is 0 Å². The molecule has 0 spiro atoms. The van der Waals surface area contributed by atoms with Crippen LogP contribution in [0.4, 0.5) is 0 Å². The molecule has 0 unspecified atom stereocenters. The van der Waals surface area contributed by atoms with Gasteiger partial charge in [0, 0.05) is 18.4 Å². The highest BCUT2D eigenvalue weighted by Gasteiger charge is 2.10. The zero-order chi connectivity index (χ0) is 12.1. The molecule has 1 rings (SSSR count). The molecule has 0 fully saturated rings. The first-order valence-corrected chi connectivity index (χ1v) is 6.01. The fourth-order valence-electron chi connectivity index (χ4n) is 1.51. The Morgan fingerprint density at radius 2 is 2.31 bits per heavy atom. The average Bonchev–Trinajstić information content (AvgIpc) is 2.58. The van der Waals surface area contributed by atoms with E-state index >= 15 is 0 Å². The Kier molecular flexibility index (Phi) is 4.73. The van der Waals surface area contributed by atoms with Crippen LogP contribution in [-0.2, 0) is 11.3 Å². The Morgan fingerprint density at radius 1 is 1.62 bits per heavy atom. The molecule has 5 heteroatoms. The third-order valence-electron chi connectivity index (χ3n) is 2.37. The van der Waals surface area contributed by atoms with E-state index in [1.54, 1.807) is 0 Å². The van der Waals surface area contributed by atoms with Crippen molar-refractivity contribution in [3.63, 3.8) is 0 Å². The molecule has 90 valence electrons. The molecule has 0 aliphatic heterocycles. The lowest BCUT2D eigenvalue weighted by Gasteiger charge is -2.10. The standard InChI is InChI=1S/C11H19N3OS/c1-4-5-12-10(15)7-14-9(8(2)3)6-13-11(14)16/h6,8H,4-5,7H2,1-3H3,(H,12,15)(H,13,16). The summed E-state index contributed by atoms with van der Waals surface area (Å²) in [7, 11) is 0. The molecule has 1 aromatic rings. The van der Waals surface area contributed by atoms with Gasteiger partial charge >= 0.3 is 0 Å². The number of aromatic amines is 1. The third kappa shape index (κ3) is 3.20.